The van der Waals surface area contributed by atoms with E-state index in [1.54, 1.807) is 30.3 Å². The molecular formula is C18H20O4. The molecule has 1 atom stereocenters. The Morgan fingerprint density at radius 3 is 2.64 bits per heavy atom. The molecule has 1 aliphatic rings. The third-order valence-corrected chi connectivity index (χ3v) is 3.58. The zero-order valence-electron chi connectivity index (χ0n) is 12.7. The molecule has 1 unspecified atom stereocenters. The second-order valence-electron chi connectivity index (χ2n) is 5.23. The number of carbonyl (C=O) groups is 2. The smallest absolute Gasteiger partial charge is 0.337 e. The summed E-state index contributed by atoms with van der Waals surface area (Å²) in [5.41, 5.74) is 1.30. The lowest BCUT2D eigenvalue weighted by Gasteiger charge is -2.16. The molecule has 116 valence electrons. The van der Waals surface area contributed by atoms with Gasteiger partial charge in [0.15, 0.2) is 0 Å². The quantitative estimate of drug-likeness (QED) is 0.475. The standard InChI is InChI=1S/C18H20O4/c1-21-18(20)16-10-7-14(8-11-16)9-12-17(19)22-13-15-5-3-2-4-6-15/h2-3,7-12,15H,4-6,13H2,1H3/b12-9+. The second-order valence-corrected chi connectivity index (χ2v) is 5.23. The Morgan fingerprint density at radius 2 is 2.00 bits per heavy atom. The normalized spacial score (nSPS) is 17.4. The number of carbonyl (C=O) groups excluding carboxylic acids is 2. The summed E-state index contributed by atoms with van der Waals surface area (Å²) in [6, 6.07) is 6.82. The van der Waals surface area contributed by atoms with E-state index < -0.39 is 0 Å². The van der Waals surface area contributed by atoms with Crippen LogP contribution in [-0.4, -0.2) is 25.7 Å². The molecule has 0 aromatic heterocycles. The summed E-state index contributed by atoms with van der Waals surface area (Å²) in [6.07, 6.45) is 10.5. The van der Waals surface area contributed by atoms with Crippen LogP contribution in [0, 0.1) is 5.92 Å². The molecule has 4 heteroatoms. The maximum atomic E-state index is 11.7. The van der Waals surface area contributed by atoms with E-state index in [1.807, 2.05) is 0 Å². The zero-order chi connectivity index (χ0) is 15.8. The van der Waals surface area contributed by atoms with Crippen molar-refractivity contribution in [3.05, 3.63) is 53.6 Å². The predicted octanol–water partition coefficient (Wildman–Crippen LogP) is 3.39. The molecule has 0 amide bonds. The van der Waals surface area contributed by atoms with Gasteiger partial charge in [0.1, 0.15) is 0 Å². The van der Waals surface area contributed by atoms with E-state index in [0.29, 0.717) is 18.1 Å². The minimum Gasteiger partial charge on any atom is -0.465 e. The Bertz CT molecular complexity index is 569. The van der Waals surface area contributed by atoms with Crippen molar-refractivity contribution in [2.24, 2.45) is 5.92 Å². The molecule has 0 heterocycles. The fourth-order valence-corrected chi connectivity index (χ4v) is 2.27. The molecule has 0 N–H and O–H groups in total. The minimum absolute atomic E-state index is 0.341. The summed E-state index contributed by atoms with van der Waals surface area (Å²) < 4.78 is 9.88. The fraction of sp³-hybridized carbons (Fsp3) is 0.333. The zero-order valence-corrected chi connectivity index (χ0v) is 12.7. The van der Waals surface area contributed by atoms with Gasteiger partial charge in [0.25, 0.3) is 0 Å². The van der Waals surface area contributed by atoms with Crippen LogP contribution in [0.1, 0.15) is 35.2 Å². The SMILES string of the molecule is COC(=O)c1ccc(/C=C/C(=O)OCC2CC=CCC2)cc1. The van der Waals surface area contributed by atoms with Crippen molar-refractivity contribution in [3.63, 3.8) is 0 Å². The summed E-state index contributed by atoms with van der Waals surface area (Å²) in [6.45, 7) is 0.467. The van der Waals surface area contributed by atoms with E-state index in [0.717, 1.165) is 24.8 Å². The molecule has 4 nitrogen and oxygen atoms in total. The molecule has 0 saturated carbocycles. The number of methoxy groups -OCH3 is 1. The van der Waals surface area contributed by atoms with Crippen molar-refractivity contribution in [3.8, 4) is 0 Å². The number of esters is 2. The van der Waals surface area contributed by atoms with Gasteiger partial charge in [-0.2, -0.15) is 0 Å². The van der Waals surface area contributed by atoms with Gasteiger partial charge in [0, 0.05) is 6.08 Å². The summed E-state index contributed by atoms with van der Waals surface area (Å²) >= 11 is 0. The third kappa shape index (κ3) is 4.88. The molecular weight excluding hydrogens is 280 g/mol. The van der Waals surface area contributed by atoms with Gasteiger partial charge in [0.05, 0.1) is 19.3 Å². The van der Waals surface area contributed by atoms with Crippen molar-refractivity contribution in [2.75, 3.05) is 13.7 Å². The molecule has 0 fully saturated rings. The maximum Gasteiger partial charge on any atom is 0.337 e. The Hall–Kier alpha value is -2.36. The lowest BCUT2D eigenvalue weighted by Crippen LogP contribution is -2.13. The first-order valence-corrected chi connectivity index (χ1v) is 7.37. The number of hydrogen-bond acceptors (Lipinski definition) is 4. The van der Waals surface area contributed by atoms with Crippen LogP contribution in [0.25, 0.3) is 6.08 Å². The van der Waals surface area contributed by atoms with Crippen LogP contribution in [0.5, 0.6) is 0 Å². The van der Waals surface area contributed by atoms with E-state index in [1.165, 1.54) is 13.2 Å². The average molecular weight is 300 g/mol. The van der Waals surface area contributed by atoms with Crippen molar-refractivity contribution >= 4 is 18.0 Å². The molecule has 1 aliphatic carbocycles. The monoisotopic (exact) mass is 300 g/mol. The van der Waals surface area contributed by atoms with E-state index in [9.17, 15) is 9.59 Å². The van der Waals surface area contributed by atoms with Crippen molar-refractivity contribution in [2.45, 2.75) is 19.3 Å². The van der Waals surface area contributed by atoms with Gasteiger partial charge in [-0.1, -0.05) is 24.3 Å². The molecule has 2 rings (SSSR count). The highest BCUT2D eigenvalue weighted by atomic mass is 16.5. The Morgan fingerprint density at radius 1 is 1.23 bits per heavy atom. The van der Waals surface area contributed by atoms with Crippen LogP contribution in [0.3, 0.4) is 0 Å². The lowest BCUT2D eigenvalue weighted by atomic mass is 9.95. The summed E-state index contributed by atoms with van der Waals surface area (Å²) in [7, 11) is 1.34. The molecule has 0 aliphatic heterocycles. The topological polar surface area (TPSA) is 52.6 Å². The number of hydrogen-bond donors (Lipinski definition) is 0. The minimum atomic E-state index is -0.378. The number of rotatable bonds is 5. The largest absolute Gasteiger partial charge is 0.465 e. The highest BCUT2D eigenvalue weighted by Gasteiger charge is 2.11. The third-order valence-electron chi connectivity index (χ3n) is 3.58. The summed E-state index contributed by atoms with van der Waals surface area (Å²) in [5.74, 6) is -0.287. The molecule has 0 radical (unpaired) electrons. The molecule has 0 bridgehead atoms. The van der Waals surface area contributed by atoms with Crippen molar-refractivity contribution in [1.29, 1.82) is 0 Å². The highest BCUT2D eigenvalue weighted by Crippen LogP contribution is 2.18. The van der Waals surface area contributed by atoms with E-state index in [-0.39, 0.29) is 11.9 Å². The number of ether oxygens (including phenoxy) is 2. The van der Waals surface area contributed by atoms with Gasteiger partial charge in [-0.05, 0) is 49.0 Å². The number of allylic oxidation sites excluding steroid dienone is 2. The van der Waals surface area contributed by atoms with Crippen LogP contribution in [0.15, 0.2) is 42.5 Å². The number of benzene rings is 1. The van der Waals surface area contributed by atoms with E-state index >= 15 is 0 Å². The van der Waals surface area contributed by atoms with Crippen LogP contribution in [0.4, 0.5) is 0 Å². The van der Waals surface area contributed by atoms with Crippen molar-refractivity contribution < 1.29 is 19.1 Å². The van der Waals surface area contributed by atoms with Crippen LogP contribution >= 0.6 is 0 Å². The molecule has 0 spiro atoms. The van der Waals surface area contributed by atoms with E-state index in [4.69, 9.17) is 4.74 Å². The fourth-order valence-electron chi connectivity index (χ4n) is 2.27. The van der Waals surface area contributed by atoms with E-state index in [2.05, 4.69) is 16.9 Å². The Kier molecular flexibility index (Phi) is 5.95. The van der Waals surface area contributed by atoms with Gasteiger partial charge in [-0.25, -0.2) is 9.59 Å². The Labute approximate surface area is 130 Å². The lowest BCUT2D eigenvalue weighted by molar-refractivity contribution is -0.139. The first kappa shape index (κ1) is 16.0. The van der Waals surface area contributed by atoms with Crippen LogP contribution in [-0.2, 0) is 14.3 Å². The summed E-state index contributed by atoms with van der Waals surface area (Å²) in [4.78, 5) is 23.0. The summed E-state index contributed by atoms with van der Waals surface area (Å²) in [5, 5.41) is 0. The van der Waals surface area contributed by atoms with Crippen molar-refractivity contribution in [1.82, 2.24) is 0 Å². The predicted molar refractivity (Wildman–Crippen MR) is 84.3 cm³/mol. The van der Waals surface area contributed by atoms with Gasteiger partial charge in [-0.15, -0.1) is 0 Å². The molecule has 1 aromatic carbocycles. The van der Waals surface area contributed by atoms with Gasteiger partial charge in [0.2, 0.25) is 0 Å². The first-order chi connectivity index (χ1) is 10.7. The van der Waals surface area contributed by atoms with Gasteiger partial charge < -0.3 is 9.47 Å². The second kappa shape index (κ2) is 8.17. The highest BCUT2D eigenvalue weighted by molar-refractivity contribution is 5.90. The first-order valence-electron chi connectivity index (χ1n) is 7.37. The van der Waals surface area contributed by atoms with Gasteiger partial charge >= 0.3 is 11.9 Å². The maximum absolute atomic E-state index is 11.7. The molecule has 0 saturated heterocycles. The molecule has 22 heavy (non-hydrogen) atoms. The van der Waals surface area contributed by atoms with Crippen LogP contribution in [0.2, 0.25) is 0 Å². The Balaban J connectivity index is 1.81. The van der Waals surface area contributed by atoms with Crippen LogP contribution < -0.4 is 0 Å². The average Bonchev–Trinajstić information content (AvgIpc) is 2.58. The molecule has 1 aromatic rings. The van der Waals surface area contributed by atoms with Gasteiger partial charge in [-0.3, -0.25) is 0 Å².